The van der Waals surface area contributed by atoms with Crippen molar-refractivity contribution in [3.05, 3.63) is 71.3 Å². The average Bonchev–Trinajstić information content (AvgIpc) is 3.05. The molecule has 3 atom stereocenters. The second kappa shape index (κ2) is 9.21. The fourth-order valence-electron chi connectivity index (χ4n) is 2.90. The number of esters is 1. The molecule has 138 valence electrons. The summed E-state index contributed by atoms with van der Waals surface area (Å²) in [6.07, 6.45) is 0.472. The van der Waals surface area contributed by atoms with Crippen LogP contribution in [-0.4, -0.2) is 36.5 Å². The molecule has 0 aromatic heterocycles. The Hall–Kier alpha value is -1.82. The molecule has 0 amide bonds. The smallest absolute Gasteiger partial charge is 0.338 e. The summed E-state index contributed by atoms with van der Waals surface area (Å²) in [5.41, 5.74) is 2.68. The number of carbonyl (C=O) groups is 1. The molecule has 1 aliphatic rings. The van der Waals surface area contributed by atoms with Crippen molar-refractivity contribution in [1.29, 1.82) is 0 Å². The summed E-state index contributed by atoms with van der Waals surface area (Å²) in [5.74, 6) is -0.302. The predicted octanol–water partition coefficient (Wildman–Crippen LogP) is 4.22. The first-order valence-corrected chi connectivity index (χ1v) is 9.67. The van der Waals surface area contributed by atoms with E-state index in [-0.39, 0.29) is 22.8 Å². The molecule has 1 saturated heterocycles. The van der Waals surface area contributed by atoms with Crippen LogP contribution >= 0.6 is 11.8 Å². The summed E-state index contributed by atoms with van der Waals surface area (Å²) in [5, 5.41) is 0.250. The normalized spacial score (nSPS) is 22.3. The van der Waals surface area contributed by atoms with E-state index in [1.54, 1.807) is 31.0 Å². The van der Waals surface area contributed by atoms with Gasteiger partial charge in [0.05, 0.1) is 18.8 Å². The van der Waals surface area contributed by atoms with Crippen LogP contribution in [0.1, 0.15) is 27.9 Å². The minimum atomic E-state index is -0.302. The molecule has 0 spiro atoms. The van der Waals surface area contributed by atoms with E-state index in [4.69, 9.17) is 14.2 Å². The maximum atomic E-state index is 12.4. The highest BCUT2D eigenvalue weighted by molar-refractivity contribution is 8.00. The number of aryl methyl sites for hydroxylation is 1. The lowest BCUT2D eigenvalue weighted by Gasteiger charge is -2.17. The highest BCUT2D eigenvalue weighted by Crippen LogP contribution is 2.37. The number of ether oxygens (including phenoxy) is 3. The molecule has 2 aromatic carbocycles. The Morgan fingerprint density at radius 3 is 2.54 bits per heavy atom. The SMILES string of the molecule is CO[C@@H]1S[C@H](COCc2ccccc2)C[C@@H]1OC(=O)c1ccc(C)cc1. The van der Waals surface area contributed by atoms with Crippen LogP contribution in [0.3, 0.4) is 0 Å². The Morgan fingerprint density at radius 1 is 1.12 bits per heavy atom. The van der Waals surface area contributed by atoms with Gasteiger partial charge in [-0.2, -0.15) is 0 Å². The van der Waals surface area contributed by atoms with Gasteiger partial charge < -0.3 is 14.2 Å². The summed E-state index contributed by atoms with van der Waals surface area (Å²) < 4.78 is 17.0. The fourth-order valence-corrected chi connectivity index (χ4v) is 4.21. The minimum Gasteiger partial charge on any atom is -0.455 e. The lowest BCUT2D eigenvalue weighted by Crippen LogP contribution is -2.26. The Labute approximate surface area is 158 Å². The third-order valence-electron chi connectivity index (χ3n) is 4.32. The first-order chi connectivity index (χ1) is 12.7. The number of benzene rings is 2. The lowest BCUT2D eigenvalue weighted by atomic mass is 10.1. The summed E-state index contributed by atoms with van der Waals surface area (Å²) in [7, 11) is 1.65. The van der Waals surface area contributed by atoms with E-state index in [2.05, 4.69) is 0 Å². The van der Waals surface area contributed by atoms with Crippen LogP contribution in [0, 0.1) is 6.92 Å². The molecule has 0 radical (unpaired) electrons. The fraction of sp³-hybridized carbons (Fsp3) is 0.381. The molecule has 1 heterocycles. The van der Waals surface area contributed by atoms with E-state index >= 15 is 0 Å². The van der Waals surface area contributed by atoms with Crippen LogP contribution in [0.4, 0.5) is 0 Å². The molecule has 2 aromatic rings. The molecule has 3 rings (SSSR count). The third-order valence-corrected chi connectivity index (χ3v) is 5.80. The van der Waals surface area contributed by atoms with Crippen molar-refractivity contribution < 1.29 is 19.0 Å². The molecule has 0 N–H and O–H groups in total. The van der Waals surface area contributed by atoms with Gasteiger partial charge in [0, 0.05) is 18.8 Å². The lowest BCUT2D eigenvalue weighted by molar-refractivity contribution is -0.00367. The zero-order valence-corrected chi connectivity index (χ0v) is 15.9. The van der Waals surface area contributed by atoms with Crippen LogP contribution in [0.5, 0.6) is 0 Å². The Kier molecular flexibility index (Phi) is 6.72. The Balaban J connectivity index is 1.50. The molecule has 26 heavy (non-hydrogen) atoms. The predicted molar refractivity (Wildman–Crippen MR) is 103 cm³/mol. The van der Waals surface area contributed by atoms with Crippen molar-refractivity contribution in [2.75, 3.05) is 13.7 Å². The van der Waals surface area contributed by atoms with E-state index in [1.165, 1.54) is 0 Å². The number of hydrogen-bond acceptors (Lipinski definition) is 5. The van der Waals surface area contributed by atoms with E-state index in [9.17, 15) is 4.79 Å². The van der Waals surface area contributed by atoms with E-state index in [1.807, 2.05) is 49.4 Å². The van der Waals surface area contributed by atoms with Crippen LogP contribution in [0.2, 0.25) is 0 Å². The molecule has 0 unspecified atom stereocenters. The number of carbonyl (C=O) groups excluding carboxylic acids is 1. The van der Waals surface area contributed by atoms with Crippen LogP contribution < -0.4 is 0 Å². The summed E-state index contributed by atoms with van der Waals surface area (Å²) in [6, 6.07) is 17.5. The van der Waals surface area contributed by atoms with E-state index < -0.39 is 0 Å². The standard InChI is InChI=1S/C21H24O4S/c1-15-8-10-17(11-9-15)20(22)25-19-12-18(26-21(19)23-2)14-24-13-16-6-4-3-5-7-16/h3-11,18-19,21H,12-14H2,1-2H3/t18-,19-,21+/m0/s1. The first kappa shape index (κ1) is 19.0. The molecule has 1 aliphatic heterocycles. The molecule has 0 bridgehead atoms. The van der Waals surface area contributed by atoms with Crippen molar-refractivity contribution in [3.63, 3.8) is 0 Å². The van der Waals surface area contributed by atoms with Gasteiger partial charge in [0.25, 0.3) is 0 Å². The topological polar surface area (TPSA) is 44.8 Å². The molecule has 1 fully saturated rings. The molecule has 4 nitrogen and oxygen atoms in total. The van der Waals surface area contributed by atoms with Gasteiger partial charge in [-0.05, 0) is 24.6 Å². The van der Waals surface area contributed by atoms with Gasteiger partial charge in [-0.25, -0.2) is 4.79 Å². The van der Waals surface area contributed by atoms with E-state index in [0.29, 0.717) is 18.8 Å². The highest BCUT2D eigenvalue weighted by Gasteiger charge is 2.38. The van der Waals surface area contributed by atoms with Crippen molar-refractivity contribution in [2.24, 2.45) is 0 Å². The van der Waals surface area contributed by atoms with Gasteiger partial charge in [-0.15, -0.1) is 11.8 Å². The molecular weight excluding hydrogens is 348 g/mol. The number of hydrogen-bond donors (Lipinski definition) is 0. The van der Waals surface area contributed by atoms with Gasteiger partial charge in [0.15, 0.2) is 0 Å². The zero-order chi connectivity index (χ0) is 18.4. The van der Waals surface area contributed by atoms with Crippen molar-refractivity contribution in [3.8, 4) is 0 Å². The molecular formula is C21H24O4S. The molecule has 0 saturated carbocycles. The maximum absolute atomic E-state index is 12.4. The van der Waals surface area contributed by atoms with Crippen molar-refractivity contribution >= 4 is 17.7 Å². The quantitative estimate of drug-likeness (QED) is 0.681. The second-order valence-electron chi connectivity index (χ2n) is 6.41. The van der Waals surface area contributed by atoms with Gasteiger partial charge in [0.1, 0.15) is 11.5 Å². The van der Waals surface area contributed by atoms with Gasteiger partial charge in [-0.1, -0.05) is 48.0 Å². The van der Waals surface area contributed by atoms with Crippen LogP contribution in [-0.2, 0) is 20.8 Å². The number of methoxy groups -OCH3 is 1. The monoisotopic (exact) mass is 372 g/mol. The molecule has 0 aliphatic carbocycles. The number of thioether (sulfide) groups is 1. The Bertz CT molecular complexity index is 702. The Morgan fingerprint density at radius 2 is 1.85 bits per heavy atom. The van der Waals surface area contributed by atoms with Gasteiger partial charge in [-0.3, -0.25) is 0 Å². The summed E-state index contributed by atoms with van der Waals surface area (Å²) in [6.45, 7) is 3.19. The van der Waals surface area contributed by atoms with Crippen LogP contribution in [0.15, 0.2) is 54.6 Å². The second-order valence-corrected chi connectivity index (χ2v) is 7.81. The largest absolute Gasteiger partial charge is 0.455 e. The zero-order valence-electron chi connectivity index (χ0n) is 15.1. The van der Waals surface area contributed by atoms with Crippen molar-refractivity contribution in [2.45, 2.75) is 36.7 Å². The molecule has 5 heteroatoms. The first-order valence-electron chi connectivity index (χ1n) is 8.73. The summed E-state index contributed by atoms with van der Waals surface area (Å²) >= 11 is 1.67. The number of rotatable bonds is 7. The maximum Gasteiger partial charge on any atom is 0.338 e. The minimum absolute atomic E-state index is 0.158. The highest BCUT2D eigenvalue weighted by atomic mass is 32.2. The van der Waals surface area contributed by atoms with Crippen LogP contribution in [0.25, 0.3) is 0 Å². The van der Waals surface area contributed by atoms with Gasteiger partial charge in [0.2, 0.25) is 0 Å². The third kappa shape index (κ3) is 5.10. The van der Waals surface area contributed by atoms with Gasteiger partial charge >= 0.3 is 5.97 Å². The van der Waals surface area contributed by atoms with E-state index in [0.717, 1.165) is 17.5 Å². The summed E-state index contributed by atoms with van der Waals surface area (Å²) in [4.78, 5) is 12.4. The average molecular weight is 372 g/mol. The van der Waals surface area contributed by atoms with Crippen molar-refractivity contribution in [1.82, 2.24) is 0 Å².